The van der Waals surface area contributed by atoms with Gasteiger partial charge >= 0.3 is 11.8 Å². The van der Waals surface area contributed by atoms with Gasteiger partial charge in [-0.1, -0.05) is 11.6 Å². The number of hydrazone groups is 1. The van der Waals surface area contributed by atoms with Gasteiger partial charge in [0.1, 0.15) is 5.75 Å². The highest BCUT2D eigenvalue weighted by Crippen LogP contribution is 2.20. The number of nitro benzene ring substituents is 1. The van der Waals surface area contributed by atoms with Gasteiger partial charge < -0.3 is 10.1 Å². The van der Waals surface area contributed by atoms with Crippen molar-refractivity contribution in [2.75, 3.05) is 12.4 Å². The van der Waals surface area contributed by atoms with Gasteiger partial charge in [-0.2, -0.15) is 5.10 Å². The van der Waals surface area contributed by atoms with Gasteiger partial charge in [0.05, 0.1) is 18.2 Å². The summed E-state index contributed by atoms with van der Waals surface area (Å²) in [5.74, 6) is -1.35. The zero-order chi connectivity index (χ0) is 19.1. The molecule has 0 bridgehead atoms. The number of carbonyl (C=O) groups is 2. The van der Waals surface area contributed by atoms with Gasteiger partial charge in [0, 0.05) is 28.4 Å². The summed E-state index contributed by atoms with van der Waals surface area (Å²) >= 11 is 5.89. The lowest BCUT2D eigenvalue weighted by molar-refractivity contribution is -0.384. The summed E-state index contributed by atoms with van der Waals surface area (Å²) in [7, 11) is 1.51. The van der Waals surface area contributed by atoms with E-state index < -0.39 is 16.7 Å². The molecule has 0 aliphatic rings. The first-order valence-corrected chi connectivity index (χ1v) is 7.51. The Morgan fingerprint density at radius 3 is 2.50 bits per heavy atom. The van der Waals surface area contributed by atoms with Gasteiger partial charge in [0.25, 0.3) is 5.69 Å². The van der Waals surface area contributed by atoms with Gasteiger partial charge in [0.2, 0.25) is 0 Å². The SMILES string of the molecule is COc1ccc(NC(=O)C(=O)N/N=C/c2cc([N+](=O)[O-])ccc2Cl)cc1. The maximum Gasteiger partial charge on any atom is 0.329 e. The molecule has 0 spiro atoms. The molecule has 0 heterocycles. The number of methoxy groups -OCH3 is 1. The fraction of sp³-hybridized carbons (Fsp3) is 0.0625. The van der Waals surface area contributed by atoms with Crippen LogP contribution in [0.3, 0.4) is 0 Å². The molecule has 0 fully saturated rings. The van der Waals surface area contributed by atoms with Crippen LogP contribution in [-0.2, 0) is 9.59 Å². The minimum absolute atomic E-state index is 0.181. The third kappa shape index (κ3) is 5.02. The summed E-state index contributed by atoms with van der Waals surface area (Å²) in [6.07, 6.45) is 1.11. The Labute approximate surface area is 152 Å². The van der Waals surface area contributed by atoms with E-state index in [0.717, 1.165) is 6.21 Å². The number of nitrogens with one attached hydrogen (secondary N) is 2. The number of nitrogens with zero attached hydrogens (tertiary/aromatic N) is 2. The molecule has 0 saturated heterocycles. The molecule has 0 aliphatic heterocycles. The van der Waals surface area contributed by atoms with Crippen LogP contribution in [0.4, 0.5) is 11.4 Å². The van der Waals surface area contributed by atoms with Crippen LogP contribution >= 0.6 is 11.6 Å². The highest BCUT2D eigenvalue weighted by atomic mass is 35.5. The molecule has 2 aromatic carbocycles. The van der Waals surface area contributed by atoms with Crippen LogP contribution in [0.25, 0.3) is 0 Å². The molecular formula is C16H13ClN4O5. The number of amides is 2. The first-order chi connectivity index (χ1) is 12.4. The van der Waals surface area contributed by atoms with Crippen molar-refractivity contribution in [2.24, 2.45) is 5.10 Å². The van der Waals surface area contributed by atoms with Crippen molar-refractivity contribution in [3.63, 3.8) is 0 Å². The van der Waals surface area contributed by atoms with E-state index in [4.69, 9.17) is 16.3 Å². The first-order valence-electron chi connectivity index (χ1n) is 7.13. The number of hydrogen-bond donors (Lipinski definition) is 2. The monoisotopic (exact) mass is 376 g/mol. The quantitative estimate of drug-likeness (QED) is 0.359. The van der Waals surface area contributed by atoms with Crippen LogP contribution in [0.2, 0.25) is 5.02 Å². The summed E-state index contributed by atoms with van der Waals surface area (Å²) in [5, 5.41) is 16.9. The lowest BCUT2D eigenvalue weighted by Crippen LogP contribution is -2.32. The average molecular weight is 377 g/mol. The van der Waals surface area contributed by atoms with E-state index in [2.05, 4.69) is 10.4 Å². The van der Waals surface area contributed by atoms with E-state index in [9.17, 15) is 19.7 Å². The zero-order valence-corrected chi connectivity index (χ0v) is 14.2. The van der Waals surface area contributed by atoms with Crippen LogP contribution in [0.1, 0.15) is 5.56 Å². The number of halogens is 1. The highest BCUT2D eigenvalue weighted by molar-refractivity contribution is 6.39. The molecular weight excluding hydrogens is 364 g/mol. The molecule has 10 heteroatoms. The fourth-order valence-electron chi connectivity index (χ4n) is 1.82. The molecule has 0 unspecified atom stereocenters. The number of non-ortho nitro benzene ring substituents is 1. The van der Waals surface area contributed by atoms with Crippen molar-refractivity contribution in [3.8, 4) is 5.75 Å². The molecule has 0 radical (unpaired) electrons. The summed E-state index contributed by atoms with van der Waals surface area (Å²) in [4.78, 5) is 33.6. The Balaban J connectivity index is 1.96. The van der Waals surface area contributed by atoms with Crippen molar-refractivity contribution in [3.05, 3.63) is 63.2 Å². The number of rotatable bonds is 5. The number of nitro groups is 1. The third-order valence-corrected chi connectivity index (χ3v) is 3.46. The molecule has 0 saturated carbocycles. The molecule has 134 valence electrons. The molecule has 2 amide bonds. The lowest BCUT2D eigenvalue weighted by atomic mass is 10.2. The van der Waals surface area contributed by atoms with Crippen LogP contribution < -0.4 is 15.5 Å². The number of hydrogen-bond acceptors (Lipinski definition) is 6. The van der Waals surface area contributed by atoms with Crippen molar-refractivity contribution >= 4 is 41.0 Å². The maximum atomic E-state index is 11.8. The Kier molecular flexibility index (Phi) is 6.23. The number of benzene rings is 2. The first kappa shape index (κ1) is 18.9. The van der Waals surface area contributed by atoms with E-state index in [1.807, 2.05) is 5.43 Å². The van der Waals surface area contributed by atoms with E-state index in [1.54, 1.807) is 24.3 Å². The number of ether oxygens (including phenoxy) is 1. The average Bonchev–Trinajstić information content (AvgIpc) is 2.63. The van der Waals surface area contributed by atoms with E-state index in [1.165, 1.54) is 25.3 Å². The second-order valence-corrected chi connectivity index (χ2v) is 5.25. The highest BCUT2D eigenvalue weighted by Gasteiger charge is 2.13. The van der Waals surface area contributed by atoms with Crippen molar-refractivity contribution in [2.45, 2.75) is 0 Å². The van der Waals surface area contributed by atoms with E-state index in [0.29, 0.717) is 11.4 Å². The van der Waals surface area contributed by atoms with Crippen LogP contribution in [0, 0.1) is 10.1 Å². The Hall–Kier alpha value is -3.46. The molecule has 2 rings (SSSR count). The van der Waals surface area contributed by atoms with E-state index in [-0.39, 0.29) is 16.3 Å². The molecule has 0 aromatic heterocycles. The second-order valence-electron chi connectivity index (χ2n) is 4.84. The smallest absolute Gasteiger partial charge is 0.329 e. The summed E-state index contributed by atoms with van der Waals surface area (Å²) in [6, 6.07) is 10.1. The van der Waals surface area contributed by atoms with Crippen molar-refractivity contribution < 1.29 is 19.2 Å². The van der Waals surface area contributed by atoms with Crippen molar-refractivity contribution in [1.82, 2.24) is 5.43 Å². The molecule has 0 aliphatic carbocycles. The molecule has 9 nitrogen and oxygen atoms in total. The van der Waals surface area contributed by atoms with Gasteiger partial charge in [-0.25, -0.2) is 5.43 Å². The van der Waals surface area contributed by atoms with Crippen LogP contribution in [0.5, 0.6) is 5.75 Å². The predicted octanol–water partition coefficient (Wildman–Crippen LogP) is 2.35. The minimum atomic E-state index is -1.02. The summed E-state index contributed by atoms with van der Waals surface area (Å²) in [6.45, 7) is 0. The summed E-state index contributed by atoms with van der Waals surface area (Å²) in [5.41, 5.74) is 2.45. The molecule has 0 atom stereocenters. The maximum absolute atomic E-state index is 11.8. The topological polar surface area (TPSA) is 123 Å². The third-order valence-electron chi connectivity index (χ3n) is 3.11. The molecule has 26 heavy (non-hydrogen) atoms. The standard InChI is InChI=1S/C16H13ClN4O5/c1-26-13-5-2-11(3-6-13)19-15(22)16(23)20-18-9-10-8-12(21(24)25)4-7-14(10)17/h2-9H,1H3,(H,19,22)(H,20,23)/b18-9+. The van der Waals surface area contributed by atoms with Gasteiger partial charge in [0.15, 0.2) is 0 Å². The fourth-order valence-corrected chi connectivity index (χ4v) is 1.98. The van der Waals surface area contributed by atoms with Crippen LogP contribution in [0.15, 0.2) is 47.6 Å². The van der Waals surface area contributed by atoms with Crippen molar-refractivity contribution in [1.29, 1.82) is 0 Å². The van der Waals surface area contributed by atoms with Crippen LogP contribution in [-0.4, -0.2) is 30.1 Å². The van der Waals surface area contributed by atoms with Gasteiger partial charge in [-0.3, -0.25) is 19.7 Å². The Bertz CT molecular complexity index is 867. The van der Waals surface area contributed by atoms with E-state index >= 15 is 0 Å². The number of carbonyl (C=O) groups excluding carboxylic acids is 2. The number of anilines is 1. The van der Waals surface area contributed by atoms with Gasteiger partial charge in [-0.15, -0.1) is 0 Å². The largest absolute Gasteiger partial charge is 0.497 e. The lowest BCUT2D eigenvalue weighted by Gasteiger charge is -2.05. The minimum Gasteiger partial charge on any atom is -0.497 e. The Morgan fingerprint density at radius 2 is 1.88 bits per heavy atom. The van der Waals surface area contributed by atoms with Gasteiger partial charge in [-0.05, 0) is 30.3 Å². The molecule has 2 aromatic rings. The Morgan fingerprint density at radius 1 is 1.19 bits per heavy atom. The summed E-state index contributed by atoms with van der Waals surface area (Å²) < 4.78 is 4.99. The zero-order valence-electron chi connectivity index (χ0n) is 13.4. The normalized spacial score (nSPS) is 10.4. The molecule has 2 N–H and O–H groups in total. The predicted molar refractivity (Wildman–Crippen MR) is 95.5 cm³/mol. The second kappa shape index (κ2) is 8.58.